The van der Waals surface area contributed by atoms with Crippen LogP contribution in [-0.2, 0) is 11.2 Å². The van der Waals surface area contributed by atoms with E-state index >= 15 is 0 Å². The van der Waals surface area contributed by atoms with E-state index in [4.69, 9.17) is 27.9 Å². The van der Waals surface area contributed by atoms with Gasteiger partial charge in [-0.25, -0.2) is 0 Å². The summed E-state index contributed by atoms with van der Waals surface area (Å²) in [7, 11) is 0. The molecule has 1 amide bonds. The number of nitrogens with one attached hydrogen (secondary N) is 1. The van der Waals surface area contributed by atoms with E-state index in [0.717, 1.165) is 17.7 Å². The Labute approximate surface area is 132 Å². The minimum atomic E-state index is -0.519. The van der Waals surface area contributed by atoms with E-state index in [-0.39, 0.29) is 5.91 Å². The van der Waals surface area contributed by atoms with Crippen LogP contribution in [0.25, 0.3) is 0 Å². The third kappa shape index (κ3) is 3.14. The molecular weight excluding hydrogens is 309 g/mol. The molecule has 1 aliphatic rings. The van der Waals surface area contributed by atoms with Gasteiger partial charge in [-0.1, -0.05) is 41.4 Å². The summed E-state index contributed by atoms with van der Waals surface area (Å²) < 4.78 is 5.75. The summed E-state index contributed by atoms with van der Waals surface area (Å²) >= 11 is 12.0. The van der Waals surface area contributed by atoms with E-state index in [2.05, 4.69) is 5.32 Å². The van der Waals surface area contributed by atoms with Gasteiger partial charge in [0.25, 0.3) is 5.91 Å². The van der Waals surface area contributed by atoms with Crippen molar-refractivity contribution in [3.63, 3.8) is 0 Å². The van der Waals surface area contributed by atoms with Crippen molar-refractivity contribution in [1.29, 1.82) is 0 Å². The Balaban J connectivity index is 1.74. The van der Waals surface area contributed by atoms with Crippen LogP contribution >= 0.6 is 23.2 Å². The predicted molar refractivity (Wildman–Crippen MR) is 84.3 cm³/mol. The maximum Gasteiger partial charge on any atom is 0.265 e. The fraction of sp³-hybridized carbons (Fsp3) is 0.188. The van der Waals surface area contributed by atoms with Gasteiger partial charge in [-0.15, -0.1) is 0 Å². The molecule has 2 aromatic rings. The predicted octanol–water partition coefficient (Wildman–Crippen LogP) is 4.33. The molecule has 2 aromatic carbocycles. The average molecular weight is 322 g/mol. The molecule has 108 valence electrons. The van der Waals surface area contributed by atoms with E-state index in [0.29, 0.717) is 22.2 Å². The molecule has 3 rings (SSSR count). The quantitative estimate of drug-likeness (QED) is 0.894. The molecule has 1 N–H and O–H groups in total. The molecule has 0 radical (unpaired) electrons. The number of carbonyl (C=O) groups excluding carboxylic acids is 1. The average Bonchev–Trinajstić information content (AvgIpc) is 2.50. The molecule has 0 aromatic heterocycles. The van der Waals surface area contributed by atoms with E-state index in [9.17, 15) is 4.79 Å². The van der Waals surface area contributed by atoms with Gasteiger partial charge in [-0.2, -0.15) is 0 Å². The van der Waals surface area contributed by atoms with Crippen LogP contribution in [0, 0.1) is 0 Å². The first kappa shape index (κ1) is 14.2. The maximum absolute atomic E-state index is 12.3. The zero-order valence-corrected chi connectivity index (χ0v) is 12.6. The molecule has 1 atom stereocenters. The number of ether oxygens (including phenoxy) is 1. The Hall–Kier alpha value is -1.71. The fourth-order valence-electron chi connectivity index (χ4n) is 2.32. The largest absolute Gasteiger partial charge is 0.480 e. The first-order valence-corrected chi connectivity index (χ1v) is 7.39. The number of hydrogen-bond donors (Lipinski definition) is 1. The van der Waals surface area contributed by atoms with Crippen LogP contribution in [0.2, 0.25) is 10.0 Å². The lowest BCUT2D eigenvalue weighted by Gasteiger charge is -2.25. The number of fused-ring (bicyclic) bond motifs is 1. The van der Waals surface area contributed by atoms with Gasteiger partial charge in [0.05, 0.1) is 10.7 Å². The van der Waals surface area contributed by atoms with Crippen molar-refractivity contribution in [1.82, 2.24) is 0 Å². The standard InChI is InChI=1S/C16H13Cl2NO2/c17-11-6-7-12(18)13(9-11)19-16(20)15-8-5-10-3-1-2-4-14(10)21-15/h1-4,6-7,9,15H,5,8H2,(H,19,20). The van der Waals surface area contributed by atoms with Crippen LogP contribution in [0.4, 0.5) is 5.69 Å². The minimum absolute atomic E-state index is 0.214. The highest BCUT2D eigenvalue weighted by molar-refractivity contribution is 6.35. The summed E-state index contributed by atoms with van der Waals surface area (Å²) in [6, 6.07) is 12.7. The summed E-state index contributed by atoms with van der Waals surface area (Å²) in [4.78, 5) is 12.3. The number of para-hydroxylation sites is 1. The Morgan fingerprint density at radius 3 is 2.86 bits per heavy atom. The van der Waals surface area contributed by atoms with Crippen molar-refractivity contribution < 1.29 is 9.53 Å². The minimum Gasteiger partial charge on any atom is -0.480 e. The molecule has 0 spiro atoms. The van der Waals surface area contributed by atoms with E-state index in [1.807, 2.05) is 24.3 Å². The van der Waals surface area contributed by atoms with Gasteiger partial charge in [0.15, 0.2) is 6.10 Å². The lowest BCUT2D eigenvalue weighted by Crippen LogP contribution is -2.35. The zero-order valence-electron chi connectivity index (χ0n) is 11.1. The summed E-state index contributed by atoms with van der Waals surface area (Å²) in [6.07, 6.45) is 0.938. The SMILES string of the molecule is O=C(Nc1cc(Cl)ccc1Cl)C1CCc2ccccc2O1. The van der Waals surface area contributed by atoms with Crippen molar-refractivity contribution in [3.05, 3.63) is 58.1 Å². The van der Waals surface area contributed by atoms with Crippen molar-refractivity contribution >= 4 is 34.8 Å². The van der Waals surface area contributed by atoms with Crippen molar-refractivity contribution in [2.45, 2.75) is 18.9 Å². The number of benzene rings is 2. The smallest absolute Gasteiger partial charge is 0.265 e. The van der Waals surface area contributed by atoms with Gasteiger partial charge in [0, 0.05) is 5.02 Å². The third-order valence-corrected chi connectivity index (χ3v) is 3.96. The molecule has 0 aliphatic carbocycles. The maximum atomic E-state index is 12.3. The number of aryl methyl sites for hydroxylation is 1. The number of anilines is 1. The van der Waals surface area contributed by atoms with Gasteiger partial charge in [-0.05, 0) is 42.7 Å². The molecule has 21 heavy (non-hydrogen) atoms. The molecule has 3 nitrogen and oxygen atoms in total. The summed E-state index contributed by atoms with van der Waals surface area (Å²) in [5.41, 5.74) is 1.62. The molecule has 5 heteroatoms. The van der Waals surface area contributed by atoms with Gasteiger partial charge in [-0.3, -0.25) is 4.79 Å². The molecule has 1 aliphatic heterocycles. The lowest BCUT2D eigenvalue weighted by molar-refractivity contribution is -0.123. The number of hydrogen-bond acceptors (Lipinski definition) is 2. The number of amides is 1. The number of halogens is 2. The molecule has 0 bridgehead atoms. The molecule has 0 saturated heterocycles. The van der Waals surface area contributed by atoms with Crippen LogP contribution in [0.5, 0.6) is 5.75 Å². The van der Waals surface area contributed by atoms with Crippen LogP contribution in [0.1, 0.15) is 12.0 Å². The topological polar surface area (TPSA) is 38.3 Å². The lowest BCUT2D eigenvalue weighted by atomic mass is 10.0. The van der Waals surface area contributed by atoms with Crippen molar-refractivity contribution in [3.8, 4) is 5.75 Å². The summed E-state index contributed by atoms with van der Waals surface area (Å²) in [5.74, 6) is 0.551. The summed E-state index contributed by atoms with van der Waals surface area (Å²) in [6.45, 7) is 0. The van der Waals surface area contributed by atoms with Crippen molar-refractivity contribution in [2.75, 3.05) is 5.32 Å². The highest BCUT2D eigenvalue weighted by Crippen LogP contribution is 2.29. The number of carbonyl (C=O) groups is 1. The molecule has 0 fully saturated rings. The second-order valence-corrected chi connectivity index (χ2v) is 5.71. The molecule has 1 heterocycles. The second kappa shape index (κ2) is 5.96. The monoisotopic (exact) mass is 321 g/mol. The van der Waals surface area contributed by atoms with Crippen LogP contribution < -0.4 is 10.1 Å². The molecule has 1 unspecified atom stereocenters. The van der Waals surface area contributed by atoms with E-state index in [1.165, 1.54) is 0 Å². The van der Waals surface area contributed by atoms with E-state index < -0.39 is 6.10 Å². The van der Waals surface area contributed by atoms with E-state index in [1.54, 1.807) is 18.2 Å². The Morgan fingerprint density at radius 2 is 2.00 bits per heavy atom. The first-order chi connectivity index (χ1) is 10.1. The zero-order chi connectivity index (χ0) is 14.8. The normalized spacial score (nSPS) is 16.8. The summed E-state index contributed by atoms with van der Waals surface area (Å²) in [5, 5.41) is 3.74. The highest BCUT2D eigenvalue weighted by atomic mass is 35.5. The van der Waals surface area contributed by atoms with Crippen LogP contribution in [-0.4, -0.2) is 12.0 Å². The number of rotatable bonds is 2. The molecular formula is C16H13Cl2NO2. The Morgan fingerprint density at radius 1 is 1.19 bits per heavy atom. The van der Waals surface area contributed by atoms with Gasteiger partial charge >= 0.3 is 0 Å². The van der Waals surface area contributed by atoms with Gasteiger partial charge in [0.2, 0.25) is 0 Å². The van der Waals surface area contributed by atoms with Gasteiger partial charge in [0.1, 0.15) is 5.75 Å². The third-order valence-electron chi connectivity index (χ3n) is 3.40. The highest BCUT2D eigenvalue weighted by Gasteiger charge is 2.26. The first-order valence-electron chi connectivity index (χ1n) is 6.64. The van der Waals surface area contributed by atoms with Crippen molar-refractivity contribution in [2.24, 2.45) is 0 Å². The van der Waals surface area contributed by atoms with Crippen LogP contribution in [0.3, 0.4) is 0 Å². The molecule has 0 saturated carbocycles. The Bertz CT molecular complexity index is 688. The second-order valence-electron chi connectivity index (χ2n) is 4.87. The van der Waals surface area contributed by atoms with Crippen LogP contribution in [0.15, 0.2) is 42.5 Å². The fourth-order valence-corrected chi connectivity index (χ4v) is 2.65. The Kier molecular flexibility index (Phi) is 4.04. The van der Waals surface area contributed by atoms with Gasteiger partial charge < -0.3 is 10.1 Å².